The predicted molar refractivity (Wildman–Crippen MR) is 96.0 cm³/mol. The summed E-state index contributed by atoms with van der Waals surface area (Å²) in [6.07, 6.45) is 0.677. The average molecular weight is 337 g/mol. The number of rotatable bonds is 1. The summed E-state index contributed by atoms with van der Waals surface area (Å²) in [4.78, 5) is 12.4. The third-order valence-electron chi connectivity index (χ3n) is 5.12. The Balaban J connectivity index is 1.83. The fourth-order valence-electron chi connectivity index (χ4n) is 3.83. The average Bonchev–Trinajstić information content (AvgIpc) is 2.57. The van der Waals surface area contributed by atoms with Gasteiger partial charge < -0.3 is 15.2 Å². The Labute approximate surface area is 147 Å². The molecule has 2 aromatic rings. The van der Waals surface area contributed by atoms with Crippen molar-refractivity contribution in [3.8, 4) is 11.5 Å². The molecule has 4 rings (SSSR count). The summed E-state index contributed by atoms with van der Waals surface area (Å²) in [7, 11) is 0. The molecule has 0 amide bonds. The lowest BCUT2D eigenvalue weighted by molar-refractivity contribution is -0.143. The normalized spacial score (nSPS) is 18.3. The molecule has 1 aliphatic carbocycles. The molecule has 25 heavy (non-hydrogen) atoms. The minimum absolute atomic E-state index is 0.0275. The molecule has 0 fully saturated rings. The van der Waals surface area contributed by atoms with E-state index in [2.05, 4.69) is 23.5 Å². The van der Waals surface area contributed by atoms with Crippen LogP contribution in [0.15, 0.2) is 30.3 Å². The van der Waals surface area contributed by atoms with Gasteiger partial charge in [0.1, 0.15) is 0 Å². The van der Waals surface area contributed by atoms with Crippen LogP contribution in [0.2, 0.25) is 0 Å². The lowest BCUT2D eigenvalue weighted by Crippen LogP contribution is -2.33. The van der Waals surface area contributed by atoms with Crippen molar-refractivity contribution >= 4 is 5.97 Å². The number of hydrogen-bond donors (Lipinski definition) is 2. The summed E-state index contributed by atoms with van der Waals surface area (Å²) in [6.45, 7) is 7.19. The molecule has 2 aromatic carbocycles. The van der Waals surface area contributed by atoms with Crippen molar-refractivity contribution in [3.05, 3.63) is 58.1 Å². The van der Waals surface area contributed by atoms with Gasteiger partial charge in [-0.25, -0.2) is 0 Å². The molecule has 0 aromatic heterocycles. The molecule has 2 aliphatic rings. The second-order valence-corrected chi connectivity index (χ2v) is 7.97. The Morgan fingerprint density at radius 1 is 1.20 bits per heavy atom. The Bertz CT molecular complexity index is 864. The summed E-state index contributed by atoms with van der Waals surface area (Å²) in [5, 5.41) is 13.8. The molecule has 2 N–H and O–H groups in total. The summed E-state index contributed by atoms with van der Waals surface area (Å²) in [5.41, 5.74) is 5.43. The van der Waals surface area contributed by atoms with Crippen LogP contribution in [0.4, 0.5) is 0 Å². The molecule has 0 spiro atoms. The van der Waals surface area contributed by atoms with E-state index in [4.69, 9.17) is 4.74 Å². The Hall–Kier alpha value is -2.33. The van der Waals surface area contributed by atoms with Crippen molar-refractivity contribution in [2.24, 2.45) is 5.41 Å². The number of benzene rings is 2. The van der Waals surface area contributed by atoms with Crippen LogP contribution < -0.4 is 10.1 Å². The number of hydrogen-bond acceptors (Lipinski definition) is 4. The highest BCUT2D eigenvalue weighted by molar-refractivity contribution is 5.79. The largest absolute Gasteiger partial charge is 0.504 e. The second-order valence-electron chi connectivity index (χ2n) is 7.97. The number of ether oxygens (including phenoxy) is 1. The number of fused-ring (bicyclic) bond motifs is 2. The van der Waals surface area contributed by atoms with Gasteiger partial charge in [-0.3, -0.25) is 4.79 Å². The van der Waals surface area contributed by atoms with E-state index < -0.39 is 5.41 Å². The Kier molecular flexibility index (Phi) is 3.62. The number of esters is 1. The van der Waals surface area contributed by atoms with Gasteiger partial charge in [-0.15, -0.1) is 0 Å². The molecule has 4 nitrogen and oxygen atoms in total. The number of carbonyl (C=O) groups excluding carboxylic acids is 1. The zero-order valence-electron chi connectivity index (χ0n) is 14.8. The van der Waals surface area contributed by atoms with Gasteiger partial charge in [-0.1, -0.05) is 24.3 Å². The van der Waals surface area contributed by atoms with E-state index in [1.807, 2.05) is 26.8 Å². The molecule has 1 atom stereocenters. The smallest absolute Gasteiger partial charge is 0.316 e. The number of aromatic hydroxyl groups is 1. The predicted octanol–water partition coefficient (Wildman–Crippen LogP) is 3.48. The molecular weight excluding hydrogens is 314 g/mol. The standard InChI is InChI=1S/C21H23NO3/c1-21(2,3)20(24)25-19-15-9-12-5-4-6-13-10-22-11-16(18(12)13)14(15)7-8-17(19)23/h4-8,16,22-23H,9-11H2,1-3H3. The Morgan fingerprint density at radius 3 is 2.72 bits per heavy atom. The molecule has 0 bridgehead atoms. The fourth-order valence-corrected chi connectivity index (χ4v) is 3.83. The van der Waals surface area contributed by atoms with Gasteiger partial charge in [-0.2, -0.15) is 0 Å². The van der Waals surface area contributed by atoms with E-state index >= 15 is 0 Å². The topological polar surface area (TPSA) is 58.6 Å². The highest BCUT2D eigenvalue weighted by Crippen LogP contribution is 2.46. The summed E-state index contributed by atoms with van der Waals surface area (Å²) in [5.74, 6) is 0.243. The van der Waals surface area contributed by atoms with E-state index in [-0.39, 0.29) is 17.6 Å². The van der Waals surface area contributed by atoms with E-state index in [1.54, 1.807) is 6.07 Å². The molecule has 0 radical (unpaired) electrons. The highest BCUT2D eigenvalue weighted by atomic mass is 16.5. The molecule has 130 valence electrons. The first kappa shape index (κ1) is 16.2. The number of carbonyl (C=O) groups is 1. The van der Waals surface area contributed by atoms with E-state index in [0.29, 0.717) is 12.2 Å². The van der Waals surface area contributed by atoms with Gasteiger partial charge >= 0.3 is 5.97 Å². The van der Waals surface area contributed by atoms with Crippen molar-refractivity contribution in [1.82, 2.24) is 5.32 Å². The monoisotopic (exact) mass is 337 g/mol. The number of phenols is 1. The first-order chi connectivity index (χ1) is 11.9. The summed E-state index contributed by atoms with van der Waals surface area (Å²) in [6, 6.07) is 10.00. The summed E-state index contributed by atoms with van der Waals surface area (Å²) >= 11 is 0. The molecule has 4 heteroatoms. The fraction of sp³-hybridized carbons (Fsp3) is 0.381. The molecule has 0 saturated heterocycles. The lowest BCUT2D eigenvalue weighted by atomic mass is 9.74. The van der Waals surface area contributed by atoms with Crippen LogP contribution in [-0.2, 0) is 17.8 Å². The number of nitrogens with one attached hydrogen (secondary N) is 1. The third kappa shape index (κ3) is 2.61. The zero-order chi connectivity index (χ0) is 17.8. The van der Waals surface area contributed by atoms with Gasteiger partial charge in [0.25, 0.3) is 0 Å². The van der Waals surface area contributed by atoms with Gasteiger partial charge in [0, 0.05) is 31.0 Å². The van der Waals surface area contributed by atoms with Crippen molar-refractivity contribution in [1.29, 1.82) is 0 Å². The van der Waals surface area contributed by atoms with Crippen LogP contribution in [0.1, 0.15) is 54.5 Å². The van der Waals surface area contributed by atoms with Crippen LogP contribution in [0.3, 0.4) is 0 Å². The SMILES string of the molecule is CC(C)(C)C(=O)Oc1c(O)ccc2c1Cc1cccc3c1C2CNC3. The first-order valence-electron chi connectivity index (χ1n) is 8.74. The first-order valence-corrected chi connectivity index (χ1v) is 8.74. The lowest BCUT2D eigenvalue weighted by Gasteiger charge is -2.35. The maximum atomic E-state index is 12.4. The maximum Gasteiger partial charge on any atom is 0.316 e. The highest BCUT2D eigenvalue weighted by Gasteiger charge is 2.34. The molecule has 0 saturated carbocycles. The van der Waals surface area contributed by atoms with Crippen molar-refractivity contribution < 1.29 is 14.6 Å². The molecular formula is C21H23NO3. The molecule has 1 heterocycles. The molecule has 1 unspecified atom stereocenters. The minimum atomic E-state index is -0.624. The van der Waals surface area contributed by atoms with Crippen LogP contribution in [0.5, 0.6) is 11.5 Å². The minimum Gasteiger partial charge on any atom is -0.504 e. The number of phenolic OH excluding ortho intramolecular Hbond substituents is 1. The van der Waals surface area contributed by atoms with Crippen molar-refractivity contribution in [2.75, 3.05) is 6.54 Å². The van der Waals surface area contributed by atoms with Gasteiger partial charge in [0.05, 0.1) is 5.41 Å². The maximum absolute atomic E-state index is 12.4. The van der Waals surface area contributed by atoms with Crippen LogP contribution in [0, 0.1) is 5.41 Å². The zero-order valence-corrected chi connectivity index (χ0v) is 14.8. The Morgan fingerprint density at radius 2 is 1.96 bits per heavy atom. The summed E-state index contributed by atoms with van der Waals surface area (Å²) < 4.78 is 5.65. The van der Waals surface area contributed by atoms with Crippen LogP contribution in [0.25, 0.3) is 0 Å². The van der Waals surface area contributed by atoms with Crippen molar-refractivity contribution in [2.45, 2.75) is 39.7 Å². The van der Waals surface area contributed by atoms with E-state index in [0.717, 1.165) is 24.2 Å². The van der Waals surface area contributed by atoms with Crippen LogP contribution >= 0.6 is 0 Å². The van der Waals surface area contributed by atoms with Crippen molar-refractivity contribution in [3.63, 3.8) is 0 Å². The van der Waals surface area contributed by atoms with Gasteiger partial charge in [0.2, 0.25) is 0 Å². The van der Waals surface area contributed by atoms with E-state index in [9.17, 15) is 9.90 Å². The quantitative estimate of drug-likeness (QED) is 0.618. The second kappa shape index (κ2) is 5.60. The van der Waals surface area contributed by atoms with E-state index in [1.165, 1.54) is 16.7 Å². The van der Waals surface area contributed by atoms with Gasteiger partial charge in [-0.05, 0) is 49.1 Å². The van der Waals surface area contributed by atoms with Gasteiger partial charge in [0.15, 0.2) is 11.5 Å². The third-order valence-corrected chi connectivity index (χ3v) is 5.12. The van der Waals surface area contributed by atoms with Crippen LogP contribution in [-0.4, -0.2) is 17.6 Å². The molecule has 1 aliphatic heterocycles.